The number of hydrogen-bond donors (Lipinski definition) is 1. The van der Waals surface area contributed by atoms with Crippen molar-refractivity contribution >= 4 is 11.7 Å². The van der Waals surface area contributed by atoms with Gasteiger partial charge in [-0.3, -0.25) is 9.59 Å². The second kappa shape index (κ2) is 3.35. The third-order valence-electron chi connectivity index (χ3n) is 3.31. The summed E-state index contributed by atoms with van der Waals surface area (Å²) in [6, 6.07) is -0.352. The molecule has 2 heterocycles. The van der Waals surface area contributed by atoms with Gasteiger partial charge in [0.05, 0.1) is 12.1 Å². The van der Waals surface area contributed by atoms with Crippen LogP contribution in [0.4, 0.5) is 0 Å². The lowest BCUT2D eigenvalue weighted by Gasteiger charge is -2.36. The molecule has 2 rings (SSSR count). The van der Waals surface area contributed by atoms with Crippen LogP contribution in [-0.2, 0) is 9.59 Å². The Morgan fingerprint density at radius 3 is 2.86 bits per heavy atom. The summed E-state index contributed by atoms with van der Waals surface area (Å²) in [5, 5.41) is 0. The molecule has 0 saturated carbocycles. The lowest BCUT2D eigenvalue weighted by Crippen LogP contribution is -2.49. The second-order valence-electron chi connectivity index (χ2n) is 4.30. The topological polar surface area (TPSA) is 63.4 Å². The molecule has 14 heavy (non-hydrogen) atoms. The lowest BCUT2D eigenvalue weighted by molar-refractivity contribution is -0.139. The molecule has 2 saturated heterocycles. The molecule has 4 nitrogen and oxygen atoms in total. The van der Waals surface area contributed by atoms with Crippen molar-refractivity contribution in [1.29, 1.82) is 0 Å². The van der Waals surface area contributed by atoms with Crippen molar-refractivity contribution in [2.45, 2.75) is 50.7 Å². The first-order chi connectivity index (χ1) is 6.61. The highest BCUT2D eigenvalue weighted by Crippen LogP contribution is 2.31. The fourth-order valence-electron chi connectivity index (χ4n) is 2.63. The summed E-state index contributed by atoms with van der Waals surface area (Å²) in [5.41, 5.74) is 5.70. The smallest absolute Gasteiger partial charge is 0.240 e. The van der Waals surface area contributed by atoms with Crippen LogP contribution in [0.25, 0.3) is 0 Å². The normalized spacial score (nSPS) is 37.1. The van der Waals surface area contributed by atoms with E-state index in [4.69, 9.17) is 5.73 Å². The maximum absolute atomic E-state index is 11.7. The highest BCUT2D eigenvalue weighted by atomic mass is 16.2. The first kappa shape index (κ1) is 9.65. The number of amides is 1. The van der Waals surface area contributed by atoms with Crippen LogP contribution in [0.15, 0.2) is 0 Å². The van der Waals surface area contributed by atoms with Gasteiger partial charge < -0.3 is 10.6 Å². The molecule has 2 N–H and O–H groups in total. The van der Waals surface area contributed by atoms with Crippen molar-refractivity contribution in [2.75, 3.05) is 0 Å². The quantitative estimate of drug-likeness (QED) is 0.645. The number of carbonyl (C=O) groups is 2. The van der Waals surface area contributed by atoms with Crippen LogP contribution in [0.5, 0.6) is 0 Å². The Labute approximate surface area is 83.4 Å². The van der Waals surface area contributed by atoms with Crippen molar-refractivity contribution < 1.29 is 9.59 Å². The Hall–Kier alpha value is -0.900. The van der Waals surface area contributed by atoms with Gasteiger partial charge in [0.2, 0.25) is 5.91 Å². The van der Waals surface area contributed by atoms with Crippen LogP contribution >= 0.6 is 0 Å². The number of nitrogens with two attached hydrogens (primary N) is 1. The van der Waals surface area contributed by atoms with E-state index in [1.165, 1.54) is 0 Å². The zero-order valence-corrected chi connectivity index (χ0v) is 8.40. The molecule has 2 aliphatic rings. The third kappa shape index (κ3) is 1.34. The zero-order chi connectivity index (χ0) is 10.3. The highest BCUT2D eigenvalue weighted by Gasteiger charge is 2.44. The molecule has 1 amide bonds. The molecule has 0 aliphatic carbocycles. The molecule has 2 aliphatic heterocycles. The maximum Gasteiger partial charge on any atom is 0.240 e. The van der Waals surface area contributed by atoms with E-state index in [0.29, 0.717) is 0 Å². The van der Waals surface area contributed by atoms with Crippen LogP contribution in [-0.4, -0.2) is 34.7 Å². The Morgan fingerprint density at radius 2 is 2.21 bits per heavy atom. The number of piperidine rings is 1. The summed E-state index contributed by atoms with van der Waals surface area (Å²) in [5.74, 6) is 0.0621. The zero-order valence-electron chi connectivity index (χ0n) is 8.40. The third-order valence-corrected chi connectivity index (χ3v) is 3.31. The average Bonchev–Trinajstić information content (AvgIpc) is 2.43. The number of nitrogens with zero attached hydrogens (tertiary/aromatic N) is 1. The Bertz CT molecular complexity index is 277. The minimum Gasteiger partial charge on any atom is -0.328 e. The van der Waals surface area contributed by atoms with Crippen molar-refractivity contribution in [3.63, 3.8) is 0 Å². The van der Waals surface area contributed by atoms with Crippen molar-refractivity contribution in [2.24, 2.45) is 5.73 Å². The SMILES string of the molecule is CC(=O)C1CCCC2CC(N)C(=O)N21. The van der Waals surface area contributed by atoms with E-state index in [9.17, 15) is 9.59 Å². The number of Topliss-reactive ketones (excluding diaryl/α,β-unsaturated/α-hetero) is 1. The van der Waals surface area contributed by atoms with Gasteiger partial charge in [0.1, 0.15) is 0 Å². The van der Waals surface area contributed by atoms with Gasteiger partial charge in [0, 0.05) is 6.04 Å². The number of rotatable bonds is 1. The van der Waals surface area contributed by atoms with Crippen LogP contribution in [0.3, 0.4) is 0 Å². The van der Waals surface area contributed by atoms with Crippen molar-refractivity contribution in [1.82, 2.24) is 4.90 Å². The molecule has 0 radical (unpaired) electrons. The highest BCUT2D eigenvalue weighted by molar-refractivity contribution is 5.91. The summed E-state index contributed by atoms with van der Waals surface area (Å²) < 4.78 is 0. The number of hydrogen-bond acceptors (Lipinski definition) is 3. The maximum atomic E-state index is 11.7. The van der Waals surface area contributed by atoms with E-state index in [1.54, 1.807) is 11.8 Å². The van der Waals surface area contributed by atoms with E-state index >= 15 is 0 Å². The largest absolute Gasteiger partial charge is 0.328 e. The number of carbonyl (C=O) groups excluding carboxylic acids is 2. The molecule has 0 aromatic rings. The molecule has 4 heteroatoms. The average molecular weight is 196 g/mol. The molecule has 78 valence electrons. The number of fused-ring (bicyclic) bond motifs is 1. The van der Waals surface area contributed by atoms with E-state index in [0.717, 1.165) is 25.7 Å². The standard InChI is InChI=1S/C10H16N2O2/c1-6(13)9-4-2-3-7-5-8(11)10(14)12(7)9/h7-9H,2-5,11H2,1H3. The summed E-state index contributed by atoms with van der Waals surface area (Å²) in [6.07, 6.45) is 3.57. The van der Waals surface area contributed by atoms with Crippen LogP contribution in [0.2, 0.25) is 0 Å². The summed E-state index contributed by atoms with van der Waals surface area (Å²) >= 11 is 0. The molecular formula is C10H16N2O2. The molecule has 0 aromatic heterocycles. The van der Waals surface area contributed by atoms with Gasteiger partial charge in [-0.15, -0.1) is 0 Å². The van der Waals surface area contributed by atoms with E-state index in [2.05, 4.69) is 0 Å². The van der Waals surface area contributed by atoms with Gasteiger partial charge >= 0.3 is 0 Å². The Kier molecular flexibility index (Phi) is 2.31. The van der Waals surface area contributed by atoms with Gasteiger partial charge in [-0.05, 0) is 32.6 Å². The van der Waals surface area contributed by atoms with Crippen LogP contribution < -0.4 is 5.73 Å². The molecule has 2 fully saturated rings. The molecule has 0 spiro atoms. The molecule has 0 aromatic carbocycles. The Balaban J connectivity index is 2.22. The van der Waals surface area contributed by atoms with Gasteiger partial charge in [0.15, 0.2) is 5.78 Å². The Morgan fingerprint density at radius 1 is 1.50 bits per heavy atom. The molecule has 3 unspecified atom stereocenters. The minimum atomic E-state index is -0.375. The molecule has 3 atom stereocenters. The fraction of sp³-hybridized carbons (Fsp3) is 0.800. The summed E-state index contributed by atoms with van der Waals surface area (Å²) in [6.45, 7) is 1.56. The lowest BCUT2D eigenvalue weighted by atomic mass is 9.94. The second-order valence-corrected chi connectivity index (χ2v) is 4.30. The predicted octanol–water partition coefficient (Wildman–Crippen LogP) is 0.0561. The van der Waals surface area contributed by atoms with Crippen molar-refractivity contribution in [3.8, 4) is 0 Å². The van der Waals surface area contributed by atoms with Crippen LogP contribution in [0, 0.1) is 0 Å². The summed E-state index contributed by atoms with van der Waals surface area (Å²) in [4.78, 5) is 24.8. The monoisotopic (exact) mass is 196 g/mol. The first-order valence-corrected chi connectivity index (χ1v) is 5.19. The minimum absolute atomic E-state index is 0.0325. The van der Waals surface area contributed by atoms with Gasteiger partial charge in [-0.1, -0.05) is 0 Å². The van der Waals surface area contributed by atoms with E-state index < -0.39 is 0 Å². The summed E-state index contributed by atoms with van der Waals surface area (Å²) in [7, 11) is 0. The predicted molar refractivity (Wildman–Crippen MR) is 51.5 cm³/mol. The fourth-order valence-corrected chi connectivity index (χ4v) is 2.63. The number of ketones is 1. The molecule has 0 bridgehead atoms. The van der Waals surface area contributed by atoms with Gasteiger partial charge in [-0.25, -0.2) is 0 Å². The van der Waals surface area contributed by atoms with Crippen LogP contribution in [0.1, 0.15) is 32.6 Å². The van der Waals surface area contributed by atoms with Crippen molar-refractivity contribution in [3.05, 3.63) is 0 Å². The van der Waals surface area contributed by atoms with Gasteiger partial charge in [-0.2, -0.15) is 0 Å². The van der Waals surface area contributed by atoms with Gasteiger partial charge in [0.25, 0.3) is 0 Å². The first-order valence-electron chi connectivity index (χ1n) is 5.19. The molecular weight excluding hydrogens is 180 g/mol. The van der Waals surface area contributed by atoms with E-state index in [-0.39, 0.29) is 29.8 Å². The van der Waals surface area contributed by atoms with E-state index in [1.807, 2.05) is 0 Å².